The van der Waals surface area contributed by atoms with Crippen molar-refractivity contribution in [1.82, 2.24) is 9.97 Å². The van der Waals surface area contributed by atoms with Crippen LogP contribution in [-0.2, 0) is 14.3 Å². The van der Waals surface area contributed by atoms with E-state index in [2.05, 4.69) is 15.3 Å². The largest absolute Gasteiger partial charge is 0.479 e. The molecular formula is C13H14Cl3N3O5. The average molecular weight is 399 g/mol. The zero-order chi connectivity index (χ0) is 18.1. The molecule has 1 aromatic rings. The molecule has 0 fully saturated rings. The highest BCUT2D eigenvalue weighted by Crippen LogP contribution is 2.22. The first-order valence-electron chi connectivity index (χ1n) is 6.47. The molecule has 1 heterocycles. The van der Waals surface area contributed by atoms with Crippen LogP contribution in [0.5, 0.6) is 11.9 Å². The van der Waals surface area contributed by atoms with Crippen molar-refractivity contribution in [2.45, 2.75) is 12.8 Å². The van der Waals surface area contributed by atoms with Crippen LogP contribution >= 0.6 is 34.8 Å². The van der Waals surface area contributed by atoms with Crippen molar-refractivity contribution in [3.05, 3.63) is 15.7 Å². The number of ether oxygens (including phenoxy) is 3. The smallest absolute Gasteiger partial charge is 0.319 e. The Labute approximate surface area is 153 Å². The summed E-state index contributed by atoms with van der Waals surface area (Å²) in [5.41, 5.74) is 0.247. The number of halogens is 3. The van der Waals surface area contributed by atoms with E-state index in [1.54, 1.807) is 0 Å². The number of aromatic nitrogens is 2. The molecule has 11 heteroatoms. The average Bonchev–Trinajstić information content (AvgIpc) is 2.57. The molecule has 1 N–H and O–H groups in total. The minimum atomic E-state index is -0.629. The topological polar surface area (TPSA) is 99.6 Å². The summed E-state index contributed by atoms with van der Waals surface area (Å²) in [6.07, 6.45) is 1.05. The fourth-order valence-corrected chi connectivity index (χ4v) is 1.55. The molecule has 1 aromatic heterocycles. The molecule has 0 bridgehead atoms. The fraction of sp³-hybridized carbons (Fsp3) is 0.385. The summed E-state index contributed by atoms with van der Waals surface area (Å²) in [7, 11) is 2.78. The van der Waals surface area contributed by atoms with E-state index in [-0.39, 0.29) is 46.6 Å². The molecule has 0 aliphatic heterocycles. The van der Waals surface area contributed by atoms with Gasteiger partial charge >= 0.3 is 12.0 Å². The van der Waals surface area contributed by atoms with E-state index in [9.17, 15) is 9.59 Å². The number of hydrogen-bond acceptors (Lipinski definition) is 7. The van der Waals surface area contributed by atoms with E-state index >= 15 is 0 Å². The van der Waals surface area contributed by atoms with Crippen LogP contribution in [0.25, 0.3) is 0 Å². The van der Waals surface area contributed by atoms with Gasteiger partial charge in [0.2, 0.25) is 11.8 Å². The van der Waals surface area contributed by atoms with Crippen molar-refractivity contribution in [3.63, 3.8) is 0 Å². The van der Waals surface area contributed by atoms with Gasteiger partial charge in [0.25, 0.3) is 0 Å². The maximum Gasteiger partial charge on any atom is 0.319 e. The number of nitrogens with one attached hydrogen (secondary N) is 1. The zero-order valence-corrected chi connectivity index (χ0v) is 15.0. The first-order valence-corrected chi connectivity index (χ1v) is 7.60. The van der Waals surface area contributed by atoms with Gasteiger partial charge in [0, 0.05) is 6.42 Å². The third kappa shape index (κ3) is 6.77. The molecular weight excluding hydrogens is 385 g/mol. The molecule has 0 unspecified atom stereocenters. The molecule has 24 heavy (non-hydrogen) atoms. The van der Waals surface area contributed by atoms with E-state index in [1.807, 2.05) is 0 Å². The van der Waals surface area contributed by atoms with E-state index in [1.165, 1.54) is 20.4 Å². The number of amides is 1. The maximum absolute atomic E-state index is 11.8. The number of carbonyl (C=O) groups is 2. The summed E-state index contributed by atoms with van der Waals surface area (Å²) in [5, 5.41) is 2.52. The standard InChI is InChI=1S/C13H14Cl3N3O5/c1-22-12-8(5-17-13(19-12)23-2)18-9(20)3-4-10(21)24-6-7(14)11(15)16/h5H,3-4,6H2,1-2H3,(H,18,20). The van der Waals surface area contributed by atoms with Gasteiger partial charge in [-0.15, -0.1) is 0 Å². The maximum atomic E-state index is 11.8. The summed E-state index contributed by atoms with van der Waals surface area (Å²) < 4.78 is 14.5. The van der Waals surface area contributed by atoms with Gasteiger partial charge in [-0.1, -0.05) is 34.8 Å². The Hall–Kier alpha value is -1.77. The molecule has 0 aliphatic rings. The van der Waals surface area contributed by atoms with Crippen molar-refractivity contribution in [2.75, 3.05) is 26.1 Å². The van der Waals surface area contributed by atoms with Gasteiger partial charge in [-0.3, -0.25) is 9.59 Å². The van der Waals surface area contributed by atoms with Gasteiger partial charge < -0.3 is 19.5 Å². The van der Waals surface area contributed by atoms with Crippen molar-refractivity contribution >= 4 is 52.4 Å². The van der Waals surface area contributed by atoms with Crippen molar-refractivity contribution < 1.29 is 23.8 Å². The minimum absolute atomic E-state index is 0.00347. The predicted octanol–water partition coefficient (Wildman–Crippen LogP) is 2.64. The van der Waals surface area contributed by atoms with Crippen LogP contribution in [0.1, 0.15) is 12.8 Å². The van der Waals surface area contributed by atoms with Crippen LogP contribution in [0.15, 0.2) is 15.7 Å². The molecule has 0 saturated heterocycles. The van der Waals surface area contributed by atoms with Crippen LogP contribution in [0.2, 0.25) is 0 Å². The normalized spacial score (nSPS) is 9.88. The van der Waals surface area contributed by atoms with Gasteiger partial charge in [0.15, 0.2) is 0 Å². The Kier molecular flexibility index (Phi) is 8.59. The summed E-state index contributed by atoms with van der Waals surface area (Å²) in [5.74, 6) is -0.946. The fourth-order valence-electron chi connectivity index (χ4n) is 1.39. The summed E-state index contributed by atoms with van der Waals surface area (Å²) >= 11 is 16.4. The first-order chi connectivity index (χ1) is 11.4. The SMILES string of the molecule is COc1ncc(NC(=O)CCC(=O)OCC(Cl)=C(Cl)Cl)c(OC)n1. The summed E-state index contributed by atoms with van der Waals surface area (Å²) in [6.45, 7) is -0.259. The second kappa shape index (κ2) is 10.2. The lowest BCUT2D eigenvalue weighted by molar-refractivity contribution is -0.143. The lowest BCUT2D eigenvalue weighted by atomic mass is 10.3. The van der Waals surface area contributed by atoms with E-state index in [0.29, 0.717) is 0 Å². The molecule has 132 valence electrons. The van der Waals surface area contributed by atoms with Gasteiger partial charge in [-0.05, 0) is 0 Å². The Morgan fingerprint density at radius 3 is 2.46 bits per heavy atom. The Balaban J connectivity index is 2.49. The number of hydrogen-bond donors (Lipinski definition) is 1. The highest BCUT2D eigenvalue weighted by molar-refractivity contribution is 6.59. The molecule has 0 atom stereocenters. The summed E-state index contributed by atoms with van der Waals surface area (Å²) in [6, 6.07) is 0.0938. The quantitative estimate of drug-likeness (QED) is 0.672. The van der Waals surface area contributed by atoms with E-state index < -0.39 is 11.9 Å². The predicted molar refractivity (Wildman–Crippen MR) is 88.5 cm³/mol. The molecule has 8 nitrogen and oxygen atoms in total. The lowest BCUT2D eigenvalue weighted by Gasteiger charge is -2.09. The number of anilines is 1. The van der Waals surface area contributed by atoms with Gasteiger partial charge in [-0.2, -0.15) is 4.98 Å². The zero-order valence-electron chi connectivity index (χ0n) is 12.8. The minimum Gasteiger partial charge on any atom is -0.479 e. The van der Waals surface area contributed by atoms with Crippen molar-refractivity contribution in [1.29, 1.82) is 0 Å². The number of rotatable bonds is 8. The van der Waals surface area contributed by atoms with Crippen molar-refractivity contribution in [3.8, 4) is 11.9 Å². The second-order valence-corrected chi connectivity index (χ2v) is 5.56. The third-order valence-electron chi connectivity index (χ3n) is 2.50. The highest BCUT2D eigenvalue weighted by atomic mass is 35.5. The Morgan fingerprint density at radius 1 is 1.17 bits per heavy atom. The second-order valence-electron chi connectivity index (χ2n) is 4.15. The van der Waals surface area contributed by atoms with Crippen LogP contribution in [-0.4, -0.2) is 42.7 Å². The molecule has 0 spiro atoms. The van der Waals surface area contributed by atoms with Gasteiger partial charge in [-0.25, -0.2) is 4.98 Å². The molecule has 0 radical (unpaired) electrons. The third-order valence-corrected chi connectivity index (χ3v) is 3.45. The van der Waals surface area contributed by atoms with Crippen LogP contribution in [0.3, 0.4) is 0 Å². The molecule has 0 aromatic carbocycles. The molecule has 1 amide bonds. The van der Waals surface area contributed by atoms with Crippen molar-refractivity contribution in [2.24, 2.45) is 0 Å². The number of esters is 1. The van der Waals surface area contributed by atoms with Gasteiger partial charge in [0.05, 0.1) is 31.9 Å². The van der Waals surface area contributed by atoms with Crippen LogP contribution in [0.4, 0.5) is 5.69 Å². The number of methoxy groups -OCH3 is 2. The van der Waals surface area contributed by atoms with Crippen LogP contribution < -0.4 is 14.8 Å². The molecule has 0 saturated carbocycles. The van der Waals surface area contributed by atoms with Crippen LogP contribution in [0, 0.1) is 0 Å². The van der Waals surface area contributed by atoms with E-state index in [0.717, 1.165) is 0 Å². The lowest BCUT2D eigenvalue weighted by Crippen LogP contribution is -2.16. The highest BCUT2D eigenvalue weighted by Gasteiger charge is 2.13. The molecule has 1 rings (SSSR count). The van der Waals surface area contributed by atoms with E-state index in [4.69, 9.17) is 49.0 Å². The monoisotopic (exact) mass is 397 g/mol. The molecule has 0 aliphatic carbocycles. The van der Waals surface area contributed by atoms with Gasteiger partial charge in [0.1, 0.15) is 16.8 Å². The first kappa shape index (κ1) is 20.3. The number of carbonyl (C=O) groups excluding carboxylic acids is 2. The Bertz CT molecular complexity index is 635. The summed E-state index contributed by atoms with van der Waals surface area (Å²) in [4.78, 5) is 31.1. The Morgan fingerprint density at radius 2 is 1.88 bits per heavy atom. The number of nitrogens with zero attached hydrogens (tertiary/aromatic N) is 2.